The lowest BCUT2D eigenvalue weighted by Crippen LogP contribution is -2.12. The van der Waals surface area contributed by atoms with Crippen molar-refractivity contribution in [1.82, 2.24) is 0 Å². The third-order valence-electron chi connectivity index (χ3n) is 2.45. The Morgan fingerprint density at radius 3 is 2.83 bits per heavy atom. The molecule has 0 fully saturated rings. The maximum absolute atomic E-state index is 13.1. The number of anilines is 1. The fourth-order valence-electron chi connectivity index (χ4n) is 1.51. The summed E-state index contributed by atoms with van der Waals surface area (Å²) in [6.07, 6.45) is 1.41. The fraction of sp³-hybridized carbons (Fsp3) is 0.0769. The van der Waals surface area contributed by atoms with Crippen molar-refractivity contribution in [1.29, 1.82) is 5.26 Å². The van der Waals surface area contributed by atoms with E-state index in [4.69, 9.17) is 9.68 Å². The summed E-state index contributed by atoms with van der Waals surface area (Å²) in [6, 6.07) is 7.06. The highest BCUT2D eigenvalue weighted by molar-refractivity contribution is 6.04. The molecule has 1 amide bonds. The Balaban J connectivity index is 2.23. The van der Waals surface area contributed by atoms with Gasteiger partial charge in [0.25, 0.3) is 5.91 Å². The summed E-state index contributed by atoms with van der Waals surface area (Å²) >= 11 is 0. The number of amides is 1. The van der Waals surface area contributed by atoms with Gasteiger partial charge in [0.2, 0.25) is 0 Å². The first-order valence-electron chi connectivity index (χ1n) is 5.17. The van der Waals surface area contributed by atoms with Gasteiger partial charge in [0.15, 0.2) is 0 Å². The molecule has 1 N–H and O–H groups in total. The van der Waals surface area contributed by atoms with Crippen LogP contribution in [0.3, 0.4) is 0 Å². The number of aryl methyl sites for hydroxylation is 1. The zero-order valence-corrected chi connectivity index (χ0v) is 9.53. The molecule has 4 nitrogen and oxygen atoms in total. The van der Waals surface area contributed by atoms with Crippen molar-refractivity contribution >= 4 is 11.6 Å². The number of halogens is 1. The van der Waals surface area contributed by atoms with E-state index >= 15 is 0 Å². The summed E-state index contributed by atoms with van der Waals surface area (Å²) in [4.78, 5) is 11.8. The molecule has 18 heavy (non-hydrogen) atoms. The molecule has 0 saturated carbocycles. The summed E-state index contributed by atoms with van der Waals surface area (Å²) in [5, 5.41) is 11.3. The number of hydrogen-bond acceptors (Lipinski definition) is 3. The summed E-state index contributed by atoms with van der Waals surface area (Å²) < 4.78 is 18.1. The molecule has 0 unspecified atom stereocenters. The molecule has 90 valence electrons. The zero-order valence-electron chi connectivity index (χ0n) is 9.53. The molecule has 0 spiro atoms. The van der Waals surface area contributed by atoms with E-state index in [0.29, 0.717) is 17.0 Å². The highest BCUT2D eigenvalue weighted by Crippen LogP contribution is 2.16. The van der Waals surface area contributed by atoms with E-state index in [0.717, 1.165) is 6.07 Å². The van der Waals surface area contributed by atoms with Crippen molar-refractivity contribution in [2.24, 2.45) is 0 Å². The largest absolute Gasteiger partial charge is 0.469 e. The van der Waals surface area contributed by atoms with E-state index in [9.17, 15) is 9.18 Å². The Hall–Kier alpha value is -2.61. The first kappa shape index (κ1) is 11.9. The number of carbonyl (C=O) groups excluding carboxylic acids is 1. The van der Waals surface area contributed by atoms with Crippen LogP contribution in [-0.4, -0.2) is 5.91 Å². The van der Waals surface area contributed by atoms with Gasteiger partial charge >= 0.3 is 0 Å². The van der Waals surface area contributed by atoms with Crippen LogP contribution < -0.4 is 5.32 Å². The average Bonchev–Trinajstić information content (AvgIpc) is 2.78. The lowest BCUT2D eigenvalue weighted by molar-refractivity contribution is 0.102. The van der Waals surface area contributed by atoms with E-state index in [-0.39, 0.29) is 11.5 Å². The summed E-state index contributed by atoms with van der Waals surface area (Å²) in [5.74, 6) is -0.484. The summed E-state index contributed by atoms with van der Waals surface area (Å²) in [6.45, 7) is 1.67. The van der Waals surface area contributed by atoms with Crippen LogP contribution in [0.25, 0.3) is 0 Å². The molecule has 0 bridgehead atoms. The van der Waals surface area contributed by atoms with Crippen LogP contribution >= 0.6 is 0 Å². The maximum atomic E-state index is 13.1. The first-order valence-corrected chi connectivity index (χ1v) is 5.17. The van der Waals surface area contributed by atoms with Gasteiger partial charge < -0.3 is 9.73 Å². The van der Waals surface area contributed by atoms with E-state index in [1.807, 2.05) is 0 Å². The number of benzene rings is 1. The van der Waals surface area contributed by atoms with Gasteiger partial charge in [-0.2, -0.15) is 5.26 Å². The van der Waals surface area contributed by atoms with Crippen molar-refractivity contribution < 1.29 is 13.6 Å². The van der Waals surface area contributed by atoms with E-state index < -0.39 is 5.82 Å². The molecule has 0 aliphatic rings. The van der Waals surface area contributed by atoms with Crippen molar-refractivity contribution in [2.45, 2.75) is 6.92 Å². The van der Waals surface area contributed by atoms with Crippen molar-refractivity contribution in [3.63, 3.8) is 0 Å². The van der Waals surface area contributed by atoms with E-state index in [1.165, 1.54) is 18.4 Å². The third kappa shape index (κ3) is 2.23. The van der Waals surface area contributed by atoms with Gasteiger partial charge in [-0.15, -0.1) is 0 Å². The van der Waals surface area contributed by atoms with Gasteiger partial charge in [0.05, 0.1) is 17.4 Å². The number of nitrogens with one attached hydrogen (secondary N) is 1. The van der Waals surface area contributed by atoms with Gasteiger partial charge in [-0.1, -0.05) is 0 Å². The molecule has 0 aliphatic heterocycles. The summed E-state index contributed by atoms with van der Waals surface area (Å²) in [7, 11) is 0. The third-order valence-corrected chi connectivity index (χ3v) is 2.45. The molecule has 0 saturated heterocycles. The van der Waals surface area contributed by atoms with Crippen molar-refractivity contribution in [2.75, 3.05) is 5.32 Å². The second-order valence-electron chi connectivity index (χ2n) is 3.65. The highest BCUT2D eigenvalue weighted by atomic mass is 19.1. The number of furan rings is 1. The quantitative estimate of drug-likeness (QED) is 0.883. The fourth-order valence-corrected chi connectivity index (χ4v) is 1.51. The van der Waals surface area contributed by atoms with Gasteiger partial charge in [-0.3, -0.25) is 4.79 Å². The molecule has 2 rings (SSSR count). The second-order valence-corrected chi connectivity index (χ2v) is 3.65. The molecule has 0 atom stereocenters. The molecule has 2 aromatic rings. The molecule has 1 heterocycles. The Morgan fingerprint density at radius 2 is 2.22 bits per heavy atom. The van der Waals surface area contributed by atoms with Crippen molar-refractivity contribution in [3.05, 3.63) is 53.2 Å². The Labute approximate surface area is 103 Å². The number of nitrogens with zero attached hydrogens (tertiary/aromatic N) is 1. The van der Waals surface area contributed by atoms with E-state index in [2.05, 4.69) is 5.32 Å². The number of rotatable bonds is 2. The SMILES string of the molecule is Cc1occc1C(=O)Nc1ccc(F)c(C#N)c1. The van der Waals surface area contributed by atoms with Gasteiger partial charge in [0, 0.05) is 5.69 Å². The highest BCUT2D eigenvalue weighted by Gasteiger charge is 2.12. The Bertz CT molecular complexity index is 641. The normalized spacial score (nSPS) is 9.83. The lowest BCUT2D eigenvalue weighted by atomic mass is 10.2. The smallest absolute Gasteiger partial charge is 0.259 e. The van der Waals surface area contributed by atoms with Crippen LogP contribution in [0.2, 0.25) is 0 Å². The van der Waals surface area contributed by atoms with Gasteiger partial charge in [0.1, 0.15) is 17.6 Å². The van der Waals surface area contributed by atoms with Gasteiger partial charge in [-0.05, 0) is 31.2 Å². The number of carbonyl (C=O) groups is 1. The Morgan fingerprint density at radius 1 is 1.44 bits per heavy atom. The molecule has 1 aromatic heterocycles. The topological polar surface area (TPSA) is 66.0 Å². The maximum Gasteiger partial charge on any atom is 0.259 e. The van der Waals surface area contributed by atoms with Crippen LogP contribution in [0.5, 0.6) is 0 Å². The first-order chi connectivity index (χ1) is 8.61. The monoisotopic (exact) mass is 244 g/mol. The average molecular weight is 244 g/mol. The predicted molar refractivity (Wildman–Crippen MR) is 62.5 cm³/mol. The molecule has 0 aliphatic carbocycles. The standard InChI is InChI=1S/C13H9FN2O2/c1-8-11(4-5-18-8)13(17)16-10-2-3-12(14)9(6-10)7-15/h2-6H,1H3,(H,16,17). The molecule has 1 aromatic carbocycles. The second kappa shape index (κ2) is 4.72. The minimum Gasteiger partial charge on any atom is -0.469 e. The van der Waals surface area contributed by atoms with Crippen LogP contribution in [0.15, 0.2) is 34.9 Å². The Kier molecular flexibility index (Phi) is 3.11. The molecule has 5 heteroatoms. The number of nitriles is 1. The van der Waals surface area contributed by atoms with Gasteiger partial charge in [-0.25, -0.2) is 4.39 Å². The van der Waals surface area contributed by atoms with Crippen LogP contribution in [0.1, 0.15) is 21.7 Å². The van der Waals surface area contributed by atoms with Crippen LogP contribution in [0, 0.1) is 24.1 Å². The predicted octanol–water partition coefficient (Wildman–Crippen LogP) is 2.85. The molecular formula is C13H9FN2O2. The van der Waals surface area contributed by atoms with E-state index in [1.54, 1.807) is 19.1 Å². The van der Waals surface area contributed by atoms with Crippen LogP contribution in [-0.2, 0) is 0 Å². The molecular weight excluding hydrogens is 235 g/mol. The zero-order chi connectivity index (χ0) is 13.1. The summed E-state index contributed by atoms with van der Waals surface area (Å²) in [5.41, 5.74) is 0.646. The minimum atomic E-state index is -0.616. The minimum absolute atomic E-state index is 0.114. The van der Waals surface area contributed by atoms with Crippen molar-refractivity contribution in [3.8, 4) is 6.07 Å². The number of hydrogen-bond donors (Lipinski definition) is 1. The van der Waals surface area contributed by atoms with Crippen LogP contribution in [0.4, 0.5) is 10.1 Å². The molecule has 0 radical (unpaired) electrons. The lowest BCUT2D eigenvalue weighted by Gasteiger charge is -2.04.